The van der Waals surface area contributed by atoms with Crippen molar-refractivity contribution in [2.45, 2.75) is 40.2 Å². The fraction of sp³-hybridized carbons (Fsp3) is 0.600. The van der Waals surface area contributed by atoms with Gasteiger partial charge in [-0.05, 0) is 43.5 Å². The molecule has 0 fully saturated rings. The molecule has 0 amide bonds. The second-order valence-corrected chi connectivity index (χ2v) is 4.68. The lowest BCUT2D eigenvalue weighted by Crippen LogP contribution is -2.26. The number of rotatable bonds is 7. The maximum Gasteiger partial charge on any atom is 0.119 e. The Kier molecular flexibility index (Phi) is 6.06. The van der Waals surface area contributed by atoms with E-state index in [0.29, 0.717) is 12.0 Å². The normalized spacial score (nSPS) is 12.8. The van der Waals surface area contributed by atoms with Gasteiger partial charge >= 0.3 is 0 Å². The van der Waals surface area contributed by atoms with Gasteiger partial charge in [-0.3, -0.25) is 0 Å². The molecule has 2 heteroatoms. The van der Waals surface area contributed by atoms with Gasteiger partial charge in [0.25, 0.3) is 0 Å². The predicted molar refractivity (Wildman–Crippen MR) is 73.5 cm³/mol. The van der Waals surface area contributed by atoms with E-state index in [9.17, 15) is 0 Å². The minimum Gasteiger partial charge on any atom is -0.494 e. The molecular formula is C15H25NO. The summed E-state index contributed by atoms with van der Waals surface area (Å²) in [6.45, 7) is 10.5. The van der Waals surface area contributed by atoms with Crippen molar-refractivity contribution >= 4 is 0 Å². The van der Waals surface area contributed by atoms with Crippen molar-refractivity contribution in [1.82, 2.24) is 5.32 Å². The van der Waals surface area contributed by atoms with E-state index in [2.05, 4.69) is 50.4 Å². The highest BCUT2D eigenvalue weighted by atomic mass is 16.5. The smallest absolute Gasteiger partial charge is 0.119 e. The molecule has 0 aliphatic heterocycles. The molecule has 2 nitrogen and oxygen atoms in total. The summed E-state index contributed by atoms with van der Waals surface area (Å²) in [5.41, 5.74) is 1.34. The molecule has 1 N–H and O–H groups in total. The fourth-order valence-corrected chi connectivity index (χ4v) is 1.98. The minimum atomic E-state index is 0.436. The van der Waals surface area contributed by atoms with Gasteiger partial charge in [-0.1, -0.05) is 32.9 Å². The Bertz CT molecular complexity index is 305. The zero-order valence-corrected chi connectivity index (χ0v) is 11.5. The highest BCUT2D eigenvalue weighted by molar-refractivity contribution is 5.29. The molecular weight excluding hydrogens is 210 g/mol. The number of nitrogens with one attached hydrogen (secondary N) is 1. The zero-order valence-electron chi connectivity index (χ0n) is 11.5. The van der Waals surface area contributed by atoms with Crippen molar-refractivity contribution in [1.29, 1.82) is 0 Å². The molecule has 0 saturated heterocycles. The Morgan fingerprint density at radius 2 is 1.76 bits per heavy atom. The van der Waals surface area contributed by atoms with Gasteiger partial charge in [0.2, 0.25) is 0 Å². The molecule has 1 aromatic carbocycles. The maximum atomic E-state index is 5.46. The molecule has 0 spiro atoms. The molecule has 1 aromatic rings. The van der Waals surface area contributed by atoms with Gasteiger partial charge in [0, 0.05) is 6.04 Å². The Balaban J connectivity index is 2.72. The predicted octanol–water partition coefficient (Wildman–Crippen LogP) is 3.78. The molecule has 0 aromatic heterocycles. The summed E-state index contributed by atoms with van der Waals surface area (Å²) in [7, 11) is 0. The van der Waals surface area contributed by atoms with E-state index in [0.717, 1.165) is 18.9 Å². The minimum absolute atomic E-state index is 0.436. The van der Waals surface area contributed by atoms with E-state index in [1.807, 2.05) is 6.92 Å². The van der Waals surface area contributed by atoms with Gasteiger partial charge in [-0.2, -0.15) is 0 Å². The molecule has 1 unspecified atom stereocenters. The standard InChI is InChI=1S/C15H25NO/c1-5-11-16-15(12(3)4)13-7-9-14(10-8-13)17-6-2/h7-10,12,15-16H,5-6,11H2,1-4H3. The van der Waals surface area contributed by atoms with Crippen LogP contribution in [-0.4, -0.2) is 13.2 Å². The molecule has 0 aliphatic rings. The number of ether oxygens (including phenoxy) is 1. The zero-order chi connectivity index (χ0) is 12.7. The molecule has 96 valence electrons. The number of benzene rings is 1. The number of hydrogen-bond donors (Lipinski definition) is 1. The van der Waals surface area contributed by atoms with Crippen LogP contribution in [0.1, 0.15) is 45.7 Å². The average Bonchev–Trinajstić information content (AvgIpc) is 2.31. The van der Waals surface area contributed by atoms with Gasteiger partial charge in [0.05, 0.1) is 6.61 Å². The van der Waals surface area contributed by atoms with E-state index < -0.39 is 0 Å². The second-order valence-electron chi connectivity index (χ2n) is 4.68. The number of hydrogen-bond acceptors (Lipinski definition) is 2. The summed E-state index contributed by atoms with van der Waals surface area (Å²) in [5, 5.41) is 3.60. The van der Waals surface area contributed by atoms with Gasteiger partial charge in [-0.15, -0.1) is 0 Å². The fourth-order valence-electron chi connectivity index (χ4n) is 1.98. The quantitative estimate of drug-likeness (QED) is 0.776. The SMILES string of the molecule is CCCNC(c1ccc(OCC)cc1)C(C)C. The van der Waals surface area contributed by atoms with E-state index in [1.54, 1.807) is 0 Å². The molecule has 1 rings (SSSR count). The van der Waals surface area contributed by atoms with Crippen molar-refractivity contribution in [2.24, 2.45) is 5.92 Å². The Labute approximate surface area is 105 Å². The summed E-state index contributed by atoms with van der Waals surface area (Å²) in [5.74, 6) is 1.55. The van der Waals surface area contributed by atoms with Crippen molar-refractivity contribution in [2.75, 3.05) is 13.2 Å². The Morgan fingerprint density at radius 1 is 1.12 bits per heavy atom. The Hall–Kier alpha value is -1.02. The first-order valence-electron chi connectivity index (χ1n) is 6.65. The van der Waals surface area contributed by atoms with E-state index in [1.165, 1.54) is 12.0 Å². The molecule has 1 atom stereocenters. The first kappa shape index (κ1) is 14.0. The third-order valence-electron chi connectivity index (χ3n) is 2.83. The molecule has 0 bridgehead atoms. The lowest BCUT2D eigenvalue weighted by molar-refractivity contribution is 0.339. The highest BCUT2D eigenvalue weighted by Crippen LogP contribution is 2.23. The summed E-state index contributed by atoms with van der Waals surface area (Å²) in [6.07, 6.45) is 1.17. The molecule has 0 aliphatic carbocycles. The van der Waals surface area contributed by atoms with Crippen LogP contribution in [0.4, 0.5) is 0 Å². The van der Waals surface area contributed by atoms with Crippen LogP contribution in [0.3, 0.4) is 0 Å². The molecule has 0 radical (unpaired) electrons. The van der Waals surface area contributed by atoms with Crippen LogP contribution in [0.5, 0.6) is 5.75 Å². The van der Waals surface area contributed by atoms with Crippen molar-refractivity contribution in [3.63, 3.8) is 0 Å². The topological polar surface area (TPSA) is 21.3 Å². The lowest BCUT2D eigenvalue weighted by atomic mass is 9.96. The van der Waals surface area contributed by atoms with Crippen LogP contribution in [0, 0.1) is 5.92 Å². The second kappa shape index (κ2) is 7.33. The third kappa shape index (κ3) is 4.39. The average molecular weight is 235 g/mol. The molecule has 17 heavy (non-hydrogen) atoms. The molecule has 0 saturated carbocycles. The van der Waals surface area contributed by atoms with Crippen LogP contribution in [0.15, 0.2) is 24.3 Å². The van der Waals surface area contributed by atoms with Gasteiger partial charge in [0.1, 0.15) is 5.75 Å². The summed E-state index contributed by atoms with van der Waals surface area (Å²) < 4.78 is 5.46. The summed E-state index contributed by atoms with van der Waals surface area (Å²) in [6, 6.07) is 8.88. The Morgan fingerprint density at radius 3 is 2.24 bits per heavy atom. The van der Waals surface area contributed by atoms with Crippen molar-refractivity contribution < 1.29 is 4.74 Å². The van der Waals surface area contributed by atoms with E-state index >= 15 is 0 Å². The van der Waals surface area contributed by atoms with Crippen LogP contribution >= 0.6 is 0 Å². The summed E-state index contributed by atoms with van der Waals surface area (Å²) in [4.78, 5) is 0. The highest BCUT2D eigenvalue weighted by Gasteiger charge is 2.14. The maximum absolute atomic E-state index is 5.46. The van der Waals surface area contributed by atoms with Crippen molar-refractivity contribution in [3.05, 3.63) is 29.8 Å². The van der Waals surface area contributed by atoms with Gasteiger partial charge in [0.15, 0.2) is 0 Å². The third-order valence-corrected chi connectivity index (χ3v) is 2.83. The van der Waals surface area contributed by atoms with Crippen LogP contribution < -0.4 is 10.1 Å². The van der Waals surface area contributed by atoms with Crippen LogP contribution in [-0.2, 0) is 0 Å². The van der Waals surface area contributed by atoms with Crippen molar-refractivity contribution in [3.8, 4) is 5.75 Å². The monoisotopic (exact) mass is 235 g/mol. The van der Waals surface area contributed by atoms with E-state index in [4.69, 9.17) is 4.74 Å². The first-order chi connectivity index (χ1) is 8.19. The first-order valence-corrected chi connectivity index (χ1v) is 6.65. The van der Waals surface area contributed by atoms with Crippen LogP contribution in [0.2, 0.25) is 0 Å². The summed E-state index contributed by atoms with van der Waals surface area (Å²) >= 11 is 0. The van der Waals surface area contributed by atoms with Gasteiger partial charge < -0.3 is 10.1 Å². The largest absolute Gasteiger partial charge is 0.494 e. The van der Waals surface area contributed by atoms with E-state index in [-0.39, 0.29) is 0 Å². The van der Waals surface area contributed by atoms with Crippen LogP contribution in [0.25, 0.3) is 0 Å². The lowest BCUT2D eigenvalue weighted by Gasteiger charge is -2.23. The van der Waals surface area contributed by atoms with Gasteiger partial charge in [-0.25, -0.2) is 0 Å². The molecule has 0 heterocycles.